The maximum atomic E-state index is 13.0. The number of esters is 1. The van der Waals surface area contributed by atoms with Crippen LogP contribution in [0.15, 0.2) is 6.07 Å². The van der Waals surface area contributed by atoms with Gasteiger partial charge in [-0.05, 0) is 6.92 Å². The molecule has 8 heteroatoms. The van der Waals surface area contributed by atoms with Gasteiger partial charge in [-0.1, -0.05) is 0 Å². The standard InChI is InChI=1S/C10H7F5O3/c1-2-17-10(16)9(15)18-8-6(13)4(11)3-5(12)7(8)14/h3,9H,2H2,1H3. The number of hydrogen-bond acceptors (Lipinski definition) is 3. The monoisotopic (exact) mass is 270 g/mol. The Kier molecular flexibility index (Phi) is 4.46. The van der Waals surface area contributed by atoms with Crippen molar-refractivity contribution in [3.05, 3.63) is 29.3 Å². The molecule has 0 fully saturated rings. The highest BCUT2D eigenvalue weighted by atomic mass is 19.2. The van der Waals surface area contributed by atoms with Crippen LogP contribution in [-0.4, -0.2) is 18.9 Å². The van der Waals surface area contributed by atoms with Crippen LogP contribution in [0.2, 0.25) is 0 Å². The molecule has 0 radical (unpaired) electrons. The summed E-state index contributed by atoms with van der Waals surface area (Å²) in [5.41, 5.74) is 0. The van der Waals surface area contributed by atoms with Crippen LogP contribution >= 0.6 is 0 Å². The number of rotatable bonds is 4. The molecule has 1 unspecified atom stereocenters. The third kappa shape index (κ3) is 2.88. The lowest BCUT2D eigenvalue weighted by Gasteiger charge is -2.12. The van der Waals surface area contributed by atoms with E-state index >= 15 is 0 Å². The van der Waals surface area contributed by atoms with E-state index in [9.17, 15) is 26.7 Å². The zero-order valence-electron chi connectivity index (χ0n) is 8.98. The highest BCUT2D eigenvalue weighted by molar-refractivity contribution is 5.73. The van der Waals surface area contributed by atoms with Gasteiger partial charge < -0.3 is 9.47 Å². The number of carbonyl (C=O) groups excluding carboxylic acids is 1. The molecule has 1 atom stereocenters. The van der Waals surface area contributed by atoms with Crippen LogP contribution in [0.1, 0.15) is 6.92 Å². The summed E-state index contributed by atoms with van der Waals surface area (Å²) in [6, 6.07) is -0.0743. The zero-order chi connectivity index (χ0) is 13.9. The maximum Gasteiger partial charge on any atom is 0.381 e. The number of hydrogen-bond donors (Lipinski definition) is 0. The van der Waals surface area contributed by atoms with Gasteiger partial charge in [0.15, 0.2) is 11.6 Å². The van der Waals surface area contributed by atoms with Crippen LogP contribution in [0.25, 0.3) is 0 Å². The van der Waals surface area contributed by atoms with E-state index in [0.717, 1.165) is 0 Å². The molecule has 0 saturated heterocycles. The van der Waals surface area contributed by atoms with E-state index in [2.05, 4.69) is 9.47 Å². The molecule has 1 rings (SSSR count). The van der Waals surface area contributed by atoms with E-state index in [1.165, 1.54) is 6.92 Å². The predicted octanol–water partition coefficient (Wildman–Crippen LogP) is 2.48. The Morgan fingerprint density at radius 1 is 1.22 bits per heavy atom. The van der Waals surface area contributed by atoms with Crippen molar-refractivity contribution in [2.45, 2.75) is 13.3 Å². The molecule has 1 aromatic rings. The Morgan fingerprint density at radius 2 is 1.72 bits per heavy atom. The SMILES string of the molecule is CCOC(=O)C(F)Oc1c(F)c(F)cc(F)c1F. The summed E-state index contributed by atoms with van der Waals surface area (Å²) in [5.74, 6) is -10.7. The van der Waals surface area contributed by atoms with Gasteiger partial charge in [-0.25, -0.2) is 13.6 Å². The minimum Gasteiger partial charge on any atom is -0.461 e. The molecule has 0 bridgehead atoms. The van der Waals surface area contributed by atoms with Crippen LogP contribution in [-0.2, 0) is 9.53 Å². The first-order chi connectivity index (χ1) is 8.38. The fourth-order valence-corrected chi connectivity index (χ4v) is 1.01. The Labute approximate surface area is 98.1 Å². The van der Waals surface area contributed by atoms with Gasteiger partial charge in [0.25, 0.3) is 0 Å². The molecule has 0 spiro atoms. The minimum absolute atomic E-state index is 0.0743. The molecule has 3 nitrogen and oxygen atoms in total. The zero-order valence-corrected chi connectivity index (χ0v) is 8.98. The van der Waals surface area contributed by atoms with Gasteiger partial charge in [0.2, 0.25) is 17.4 Å². The summed E-state index contributed by atoms with van der Waals surface area (Å²) in [6.45, 7) is 1.15. The topological polar surface area (TPSA) is 35.5 Å². The van der Waals surface area contributed by atoms with Gasteiger partial charge >= 0.3 is 12.3 Å². The molecule has 0 aromatic heterocycles. The van der Waals surface area contributed by atoms with Crippen molar-refractivity contribution in [1.82, 2.24) is 0 Å². The first kappa shape index (κ1) is 14.2. The van der Waals surface area contributed by atoms with Crippen molar-refractivity contribution in [2.75, 3.05) is 6.61 Å². The number of carbonyl (C=O) groups is 1. The van der Waals surface area contributed by atoms with Crippen molar-refractivity contribution in [1.29, 1.82) is 0 Å². The fraction of sp³-hybridized carbons (Fsp3) is 0.300. The Morgan fingerprint density at radius 3 is 2.17 bits per heavy atom. The van der Waals surface area contributed by atoms with Gasteiger partial charge in [0.1, 0.15) is 0 Å². The van der Waals surface area contributed by atoms with Gasteiger partial charge in [-0.15, -0.1) is 0 Å². The third-order valence-corrected chi connectivity index (χ3v) is 1.76. The third-order valence-electron chi connectivity index (χ3n) is 1.76. The van der Waals surface area contributed by atoms with Crippen molar-refractivity contribution in [2.24, 2.45) is 0 Å². The van der Waals surface area contributed by atoms with Gasteiger partial charge in [0, 0.05) is 6.07 Å². The Bertz CT molecular complexity index is 437. The molecule has 0 N–H and O–H groups in total. The van der Waals surface area contributed by atoms with Crippen LogP contribution in [0, 0.1) is 23.3 Å². The molecular formula is C10H7F5O3. The van der Waals surface area contributed by atoms with E-state index < -0.39 is 41.3 Å². The molecule has 0 saturated carbocycles. The molecule has 0 aliphatic heterocycles. The largest absolute Gasteiger partial charge is 0.461 e. The van der Waals surface area contributed by atoms with Crippen LogP contribution in [0.5, 0.6) is 5.75 Å². The first-order valence-corrected chi connectivity index (χ1v) is 4.68. The number of alkyl halides is 1. The summed E-state index contributed by atoms with van der Waals surface area (Å²) in [4.78, 5) is 10.8. The average molecular weight is 270 g/mol. The van der Waals surface area contributed by atoms with Crippen molar-refractivity contribution < 1.29 is 36.2 Å². The lowest BCUT2D eigenvalue weighted by molar-refractivity contribution is -0.160. The van der Waals surface area contributed by atoms with Crippen LogP contribution < -0.4 is 4.74 Å². The molecule has 100 valence electrons. The highest BCUT2D eigenvalue weighted by Gasteiger charge is 2.27. The summed E-state index contributed by atoms with van der Waals surface area (Å²) in [7, 11) is 0. The minimum atomic E-state index is -2.89. The smallest absolute Gasteiger partial charge is 0.381 e. The van der Waals surface area contributed by atoms with Crippen molar-refractivity contribution in [3.63, 3.8) is 0 Å². The second-order valence-electron chi connectivity index (χ2n) is 2.98. The van der Waals surface area contributed by atoms with E-state index in [1.54, 1.807) is 0 Å². The van der Waals surface area contributed by atoms with E-state index in [4.69, 9.17) is 0 Å². The van der Waals surface area contributed by atoms with E-state index in [0.29, 0.717) is 0 Å². The van der Waals surface area contributed by atoms with Crippen molar-refractivity contribution >= 4 is 5.97 Å². The summed E-state index contributed by atoms with van der Waals surface area (Å²) >= 11 is 0. The molecule has 0 aliphatic carbocycles. The first-order valence-electron chi connectivity index (χ1n) is 4.68. The van der Waals surface area contributed by atoms with Gasteiger partial charge in [-0.2, -0.15) is 13.2 Å². The highest BCUT2D eigenvalue weighted by Crippen LogP contribution is 2.27. The van der Waals surface area contributed by atoms with Crippen LogP contribution in [0.4, 0.5) is 22.0 Å². The van der Waals surface area contributed by atoms with Gasteiger partial charge in [0.05, 0.1) is 6.61 Å². The fourth-order valence-electron chi connectivity index (χ4n) is 1.01. The molecule has 18 heavy (non-hydrogen) atoms. The lowest BCUT2D eigenvalue weighted by atomic mass is 10.3. The Balaban J connectivity index is 3.00. The number of benzene rings is 1. The maximum absolute atomic E-state index is 13.0. The lowest BCUT2D eigenvalue weighted by Crippen LogP contribution is -2.26. The number of ether oxygens (including phenoxy) is 2. The molecule has 0 heterocycles. The molecule has 0 aliphatic rings. The summed E-state index contributed by atoms with van der Waals surface area (Å²) in [5, 5.41) is 0. The molecular weight excluding hydrogens is 263 g/mol. The van der Waals surface area contributed by atoms with E-state index in [1.807, 2.05) is 0 Å². The second-order valence-corrected chi connectivity index (χ2v) is 2.98. The van der Waals surface area contributed by atoms with Gasteiger partial charge in [-0.3, -0.25) is 0 Å². The summed E-state index contributed by atoms with van der Waals surface area (Å²) < 4.78 is 72.5. The Hall–Kier alpha value is -1.86. The normalized spacial score (nSPS) is 12.1. The molecule has 1 aromatic carbocycles. The van der Waals surface area contributed by atoms with E-state index in [-0.39, 0.29) is 12.7 Å². The van der Waals surface area contributed by atoms with Crippen molar-refractivity contribution in [3.8, 4) is 5.75 Å². The predicted molar refractivity (Wildman–Crippen MR) is 48.4 cm³/mol. The summed E-state index contributed by atoms with van der Waals surface area (Å²) in [6.07, 6.45) is -2.89. The average Bonchev–Trinajstić information content (AvgIpc) is 2.32. The second kappa shape index (κ2) is 5.65. The van der Waals surface area contributed by atoms with Crippen LogP contribution in [0.3, 0.4) is 0 Å². The molecule has 0 amide bonds. The number of halogens is 5. The quantitative estimate of drug-likeness (QED) is 0.479.